The average molecular weight is 154 g/mol. The van der Waals surface area contributed by atoms with Crippen molar-refractivity contribution in [3.8, 4) is 0 Å². The van der Waals surface area contributed by atoms with E-state index in [-0.39, 0.29) is 0 Å². The maximum atomic E-state index is 10.9. The van der Waals surface area contributed by atoms with E-state index in [1.54, 1.807) is 0 Å². The fraction of sp³-hybridized carbons (Fsp3) is 0.700. The molecule has 64 valence electrons. The zero-order chi connectivity index (χ0) is 8.69. The SMILES string of the molecule is CCC(=O)CCC=C(C)CC. The van der Waals surface area contributed by atoms with Crippen molar-refractivity contribution in [1.82, 2.24) is 0 Å². The van der Waals surface area contributed by atoms with Crippen LogP contribution < -0.4 is 0 Å². The van der Waals surface area contributed by atoms with Gasteiger partial charge in [-0.05, 0) is 19.8 Å². The lowest BCUT2D eigenvalue weighted by Gasteiger charge is -1.95. The first-order valence-corrected chi connectivity index (χ1v) is 4.38. The summed E-state index contributed by atoms with van der Waals surface area (Å²) in [4.78, 5) is 10.9. The number of Topliss-reactive ketones (excluding diaryl/α,β-unsaturated/α-hetero) is 1. The lowest BCUT2D eigenvalue weighted by Crippen LogP contribution is -1.92. The molecule has 0 N–H and O–H groups in total. The summed E-state index contributed by atoms with van der Waals surface area (Å²) in [5.41, 5.74) is 1.38. The van der Waals surface area contributed by atoms with Crippen molar-refractivity contribution in [2.75, 3.05) is 0 Å². The molecule has 0 atom stereocenters. The third-order valence-electron chi connectivity index (χ3n) is 1.87. The molecular weight excluding hydrogens is 136 g/mol. The van der Waals surface area contributed by atoms with Gasteiger partial charge in [0.05, 0.1) is 0 Å². The van der Waals surface area contributed by atoms with Crippen molar-refractivity contribution in [3.63, 3.8) is 0 Å². The lowest BCUT2D eigenvalue weighted by atomic mass is 10.1. The normalized spacial score (nSPS) is 11.7. The minimum Gasteiger partial charge on any atom is -0.300 e. The van der Waals surface area contributed by atoms with Gasteiger partial charge < -0.3 is 0 Å². The van der Waals surface area contributed by atoms with Crippen molar-refractivity contribution >= 4 is 5.78 Å². The van der Waals surface area contributed by atoms with E-state index < -0.39 is 0 Å². The maximum Gasteiger partial charge on any atom is 0.132 e. The number of hydrogen-bond acceptors (Lipinski definition) is 1. The molecule has 0 aliphatic heterocycles. The van der Waals surface area contributed by atoms with Crippen molar-refractivity contribution in [2.45, 2.75) is 46.5 Å². The molecule has 0 bridgehead atoms. The van der Waals surface area contributed by atoms with E-state index in [1.807, 2.05) is 6.92 Å². The van der Waals surface area contributed by atoms with E-state index in [4.69, 9.17) is 0 Å². The summed E-state index contributed by atoms with van der Waals surface area (Å²) in [5, 5.41) is 0. The van der Waals surface area contributed by atoms with Crippen molar-refractivity contribution in [1.29, 1.82) is 0 Å². The quantitative estimate of drug-likeness (QED) is 0.556. The van der Waals surface area contributed by atoms with E-state index >= 15 is 0 Å². The maximum absolute atomic E-state index is 10.9. The van der Waals surface area contributed by atoms with Crippen LogP contribution in [0.3, 0.4) is 0 Å². The molecule has 0 aromatic carbocycles. The number of ketones is 1. The van der Waals surface area contributed by atoms with Gasteiger partial charge in [-0.1, -0.05) is 25.5 Å². The molecule has 0 aliphatic carbocycles. The molecule has 0 aromatic heterocycles. The molecule has 0 heterocycles. The predicted octanol–water partition coefficient (Wildman–Crippen LogP) is 3.10. The van der Waals surface area contributed by atoms with Gasteiger partial charge in [0.15, 0.2) is 0 Å². The molecule has 0 fully saturated rings. The molecule has 0 aliphatic rings. The van der Waals surface area contributed by atoms with Crippen LogP contribution in [-0.4, -0.2) is 5.78 Å². The number of rotatable bonds is 5. The lowest BCUT2D eigenvalue weighted by molar-refractivity contribution is -0.118. The molecule has 0 amide bonds. The Kier molecular flexibility index (Phi) is 5.81. The van der Waals surface area contributed by atoms with Crippen LogP contribution in [0.1, 0.15) is 46.5 Å². The Labute approximate surface area is 69.5 Å². The van der Waals surface area contributed by atoms with Gasteiger partial charge in [0.1, 0.15) is 5.78 Å². The Bertz CT molecular complexity index is 145. The Hall–Kier alpha value is -0.590. The third kappa shape index (κ3) is 5.84. The van der Waals surface area contributed by atoms with E-state index in [0.29, 0.717) is 18.6 Å². The molecule has 0 aromatic rings. The topological polar surface area (TPSA) is 17.1 Å². The van der Waals surface area contributed by atoms with Gasteiger partial charge in [-0.3, -0.25) is 4.79 Å². The van der Waals surface area contributed by atoms with Crippen molar-refractivity contribution in [2.24, 2.45) is 0 Å². The summed E-state index contributed by atoms with van der Waals surface area (Å²) < 4.78 is 0. The Morgan fingerprint density at radius 3 is 2.36 bits per heavy atom. The van der Waals surface area contributed by atoms with Gasteiger partial charge in [0, 0.05) is 12.8 Å². The Morgan fingerprint density at radius 1 is 1.27 bits per heavy atom. The molecular formula is C10H18O. The van der Waals surface area contributed by atoms with Gasteiger partial charge in [-0.15, -0.1) is 0 Å². The number of carbonyl (C=O) groups is 1. The number of hydrogen-bond donors (Lipinski definition) is 0. The molecule has 11 heavy (non-hydrogen) atoms. The van der Waals surface area contributed by atoms with Crippen LogP contribution in [-0.2, 0) is 4.79 Å². The molecule has 0 unspecified atom stereocenters. The molecule has 0 saturated heterocycles. The highest BCUT2D eigenvalue weighted by Crippen LogP contribution is 2.03. The van der Waals surface area contributed by atoms with Crippen LogP contribution in [0.15, 0.2) is 11.6 Å². The molecule has 0 radical (unpaired) electrons. The second kappa shape index (κ2) is 6.14. The fourth-order valence-corrected chi connectivity index (χ4v) is 0.801. The molecule has 0 spiro atoms. The first-order chi connectivity index (χ1) is 5.20. The molecule has 0 saturated carbocycles. The van der Waals surface area contributed by atoms with Crippen LogP contribution in [0.5, 0.6) is 0 Å². The smallest absolute Gasteiger partial charge is 0.132 e. The summed E-state index contributed by atoms with van der Waals surface area (Å²) in [7, 11) is 0. The predicted molar refractivity (Wildman–Crippen MR) is 48.6 cm³/mol. The summed E-state index contributed by atoms with van der Waals surface area (Å²) in [6.45, 7) is 6.16. The van der Waals surface area contributed by atoms with Gasteiger partial charge in [0.25, 0.3) is 0 Å². The second-order valence-electron chi connectivity index (χ2n) is 2.83. The number of allylic oxidation sites excluding steroid dienone is 2. The summed E-state index contributed by atoms with van der Waals surface area (Å²) in [5.74, 6) is 0.366. The second-order valence-corrected chi connectivity index (χ2v) is 2.83. The van der Waals surface area contributed by atoms with E-state index in [2.05, 4.69) is 19.9 Å². The largest absolute Gasteiger partial charge is 0.300 e. The molecule has 0 rings (SSSR count). The fourth-order valence-electron chi connectivity index (χ4n) is 0.801. The van der Waals surface area contributed by atoms with Crippen LogP contribution in [0.25, 0.3) is 0 Å². The molecule has 1 heteroatoms. The zero-order valence-electron chi connectivity index (χ0n) is 7.81. The van der Waals surface area contributed by atoms with Crippen molar-refractivity contribution < 1.29 is 4.79 Å². The number of carbonyl (C=O) groups excluding carboxylic acids is 1. The first kappa shape index (κ1) is 10.4. The van der Waals surface area contributed by atoms with Crippen LogP contribution in [0.2, 0.25) is 0 Å². The van der Waals surface area contributed by atoms with Gasteiger partial charge in [-0.2, -0.15) is 0 Å². The summed E-state index contributed by atoms with van der Waals surface area (Å²) in [6.07, 6.45) is 5.58. The van der Waals surface area contributed by atoms with Crippen LogP contribution in [0, 0.1) is 0 Å². The minimum absolute atomic E-state index is 0.366. The van der Waals surface area contributed by atoms with E-state index in [0.717, 1.165) is 12.8 Å². The van der Waals surface area contributed by atoms with Crippen LogP contribution >= 0.6 is 0 Å². The van der Waals surface area contributed by atoms with Crippen molar-refractivity contribution in [3.05, 3.63) is 11.6 Å². The van der Waals surface area contributed by atoms with Gasteiger partial charge >= 0.3 is 0 Å². The summed E-state index contributed by atoms with van der Waals surface area (Å²) in [6, 6.07) is 0. The van der Waals surface area contributed by atoms with Gasteiger partial charge in [0.2, 0.25) is 0 Å². The van der Waals surface area contributed by atoms with Gasteiger partial charge in [-0.25, -0.2) is 0 Å². The minimum atomic E-state index is 0.366. The standard InChI is InChI=1S/C10H18O/c1-4-9(3)7-6-8-10(11)5-2/h7H,4-6,8H2,1-3H3. The highest BCUT2D eigenvalue weighted by Gasteiger charge is 1.94. The van der Waals surface area contributed by atoms with Crippen LogP contribution in [0.4, 0.5) is 0 Å². The average Bonchev–Trinajstić information content (AvgIpc) is 2.04. The summed E-state index contributed by atoms with van der Waals surface area (Å²) >= 11 is 0. The van der Waals surface area contributed by atoms with E-state index in [9.17, 15) is 4.79 Å². The van der Waals surface area contributed by atoms with E-state index in [1.165, 1.54) is 5.57 Å². The Balaban J connectivity index is 3.48. The zero-order valence-corrected chi connectivity index (χ0v) is 7.81. The highest BCUT2D eigenvalue weighted by atomic mass is 16.1. The molecule has 1 nitrogen and oxygen atoms in total. The third-order valence-corrected chi connectivity index (χ3v) is 1.87. The first-order valence-electron chi connectivity index (χ1n) is 4.38. The highest BCUT2D eigenvalue weighted by molar-refractivity contribution is 5.78. The Morgan fingerprint density at radius 2 is 1.91 bits per heavy atom. The monoisotopic (exact) mass is 154 g/mol.